The Morgan fingerprint density at radius 1 is 1.18 bits per heavy atom. The minimum absolute atomic E-state index is 0.0416. The van der Waals surface area contributed by atoms with Crippen LogP contribution >= 0.6 is 0 Å². The van der Waals surface area contributed by atoms with Gasteiger partial charge in [0.1, 0.15) is 5.82 Å². The molecule has 0 spiro atoms. The number of benzene rings is 1. The highest BCUT2D eigenvalue weighted by molar-refractivity contribution is 7.92. The molecule has 11 heteroatoms. The van der Waals surface area contributed by atoms with Gasteiger partial charge in [-0.3, -0.25) is 0 Å². The molecule has 1 heterocycles. The molecule has 0 radical (unpaired) electrons. The van der Waals surface area contributed by atoms with Gasteiger partial charge in [0.25, 0.3) is 0 Å². The number of methoxy groups -OCH3 is 1. The number of nitrogens with zero attached hydrogens (tertiary/aromatic N) is 3. The SMILES string of the molecule is COC(=O)C=CCCO[Si](C)(Cc1c(-c2ccc(F)cc2)nc(N(C)S(C)(=O)=O)nc1C(C)C)C(C)(C)C. The maximum Gasteiger partial charge on any atom is 0.330 e. The van der Waals surface area contributed by atoms with Gasteiger partial charge in [0, 0.05) is 30.9 Å². The highest BCUT2D eigenvalue weighted by Crippen LogP contribution is 2.42. The molecule has 1 aromatic heterocycles. The summed E-state index contributed by atoms with van der Waals surface area (Å²) in [5.74, 6) is -0.769. The van der Waals surface area contributed by atoms with E-state index in [0.29, 0.717) is 30.3 Å². The molecule has 0 saturated heterocycles. The topological polar surface area (TPSA) is 98.7 Å². The predicted octanol–water partition coefficient (Wildman–Crippen LogP) is 5.39. The number of aromatic nitrogens is 2. The van der Waals surface area contributed by atoms with Crippen molar-refractivity contribution >= 4 is 30.3 Å². The molecular formula is C27H40FN3O5SSi. The van der Waals surface area contributed by atoms with Gasteiger partial charge in [-0.05, 0) is 54.2 Å². The molecule has 0 amide bonds. The number of esters is 1. The average Bonchev–Trinajstić information content (AvgIpc) is 2.82. The van der Waals surface area contributed by atoms with Crippen molar-refractivity contribution in [2.24, 2.45) is 0 Å². The fraction of sp³-hybridized carbons (Fsp3) is 0.519. The second-order valence-electron chi connectivity index (χ2n) is 10.8. The van der Waals surface area contributed by atoms with Crippen LogP contribution in [0.3, 0.4) is 0 Å². The van der Waals surface area contributed by atoms with Crippen LogP contribution in [0.5, 0.6) is 0 Å². The third kappa shape index (κ3) is 7.94. The third-order valence-electron chi connectivity index (χ3n) is 6.73. The predicted molar refractivity (Wildman–Crippen MR) is 152 cm³/mol. The number of halogens is 1. The van der Waals surface area contributed by atoms with Gasteiger partial charge in [-0.15, -0.1) is 0 Å². The number of rotatable bonds is 11. The Hall–Kier alpha value is -2.63. The monoisotopic (exact) mass is 565 g/mol. The molecule has 0 fully saturated rings. The molecule has 0 aliphatic rings. The van der Waals surface area contributed by atoms with Gasteiger partial charge in [0.15, 0.2) is 8.32 Å². The number of carbonyl (C=O) groups is 1. The summed E-state index contributed by atoms with van der Waals surface area (Å²) in [5, 5.41) is -0.185. The standard InChI is InChI=1S/C27H40FN3O5SSi/c1-19(2)24-22(18-38(9,27(3,4)5)36-17-11-10-12-23(32)35-7)25(20-13-15-21(28)16-14-20)30-26(29-24)31(6)37(8,33)34/h10,12-16,19H,11,17-18H2,1-9H3. The largest absolute Gasteiger partial charge is 0.466 e. The maximum absolute atomic E-state index is 13.8. The van der Waals surface area contributed by atoms with E-state index in [0.717, 1.165) is 21.8 Å². The van der Waals surface area contributed by atoms with Gasteiger partial charge in [-0.25, -0.2) is 31.9 Å². The fourth-order valence-corrected chi connectivity index (χ4v) is 6.78. The summed E-state index contributed by atoms with van der Waals surface area (Å²) in [7, 11) is -3.40. The Morgan fingerprint density at radius 3 is 2.29 bits per heavy atom. The fourth-order valence-electron chi connectivity index (χ4n) is 3.75. The Kier molecular flexibility index (Phi) is 10.4. The van der Waals surface area contributed by atoms with Crippen LogP contribution in [0, 0.1) is 5.82 Å². The molecule has 210 valence electrons. The van der Waals surface area contributed by atoms with Crippen molar-refractivity contribution in [3.05, 3.63) is 53.5 Å². The summed E-state index contributed by atoms with van der Waals surface area (Å²) < 4.78 is 50.8. The first-order valence-corrected chi connectivity index (χ1v) is 17.0. The number of anilines is 1. The molecule has 0 N–H and O–H groups in total. The smallest absolute Gasteiger partial charge is 0.330 e. The molecule has 1 aromatic carbocycles. The van der Waals surface area contributed by atoms with E-state index in [-0.39, 0.29) is 22.7 Å². The molecule has 2 aromatic rings. The van der Waals surface area contributed by atoms with Gasteiger partial charge >= 0.3 is 5.97 Å². The van der Waals surface area contributed by atoms with Crippen LogP contribution in [0.1, 0.15) is 58.2 Å². The Morgan fingerprint density at radius 2 is 1.79 bits per heavy atom. The van der Waals surface area contributed by atoms with Crippen LogP contribution in [-0.4, -0.2) is 59.7 Å². The molecule has 0 saturated carbocycles. The lowest BCUT2D eigenvalue weighted by atomic mass is 9.99. The van der Waals surface area contributed by atoms with Crippen molar-refractivity contribution in [2.75, 3.05) is 31.3 Å². The highest BCUT2D eigenvalue weighted by Gasteiger charge is 2.43. The summed E-state index contributed by atoms with van der Waals surface area (Å²) >= 11 is 0. The zero-order valence-electron chi connectivity index (χ0n) is 23.8. The van der Waals surface area contributed by atoms with Gasteiger partial charge in [0.05, 0.1) is 24.8 Å². The van der Waals surface area contributed by atoms with Crippen molar-refractivity contribution in [3.8, 4) is 11.3 Å². The van der Waals surface area contributed by atoms with E-state index in [1.807, 2.05) is 13.8 Å². The zero-order valence-corrected chi connectivity index (χ0v) is 25.6. The van der Waals surface area contributed by atoms with E-state index in [2.05, 4.69) is 32.1 Å². The lowest BCUT2D eigenvalue weighted by Gasteiger charge is -2.40. The van der Waals surface area contributed by atoms with Crippen molar-refractivity contribution in [1.82, 2.24) is 9.97 Å². The van der Waals surface area contributed by atoms with Crippen molar-refractivity contribution in [1.29, 1.82) is 0 Å². The van der Waals surface area contributed by atoms with Crippen LogP contribution in [0.15, 0.2) is 36.4 Å². The number of ether oxygens (including phenoxy) is 1. The molecule has 2 rings (SSSR count). The summed E-state index contributed by atoms with van der Waals surface area (Å²) in [6.45, 7) is 13.0. The first-order valence-electron chi connectivity index (χ1n) is 12.5. The minimum atomic E-state index is -3.61. The van der Waals surface area contributed by atoms with E-state index in [1.54, 1.807) is 18.2 Å². The Balaban J connectivity index is 2.67. The molecule has 0 aliphatic heterocycles. The van der Waals surface area contributed by atoms with Crippen molar-refractivity contribution in [2.45, 2.75) is 64.6 Å². The molecular weight excluding hydrogens is 525 g/mol. The van der Waals surface area contributed by atoms with Gasteiger partial charge < -0.3 is 9.16 Å². The average molecular weight is 566 g/mol. The Bertz CT molecular complexity index is 1260. The minimum Gasteiger partial charge on any atom is -0.466 e. The second-order valence-corrected chi connectivity index (χ2v) is 17.5. The molecule has 8 nitrogen and oxygen atoms in total. The van der Waals surface area contributed by atoms with Crippen LogP contribution in [0.4, 0.5) is 10.3 Å². The molecule has 1 unspecified atom stereocenters. The number of sulfonamides is 1. The van der Waals surface area contributed by atoms with Gasteiger partial charge in [-0.2, -0.15) is 0 Å². The second kappa shape index (κ2) is 12.5. The van der Waals surface area contributed by atoms with E-state index in [9.17, 15) is 17.6 Å². The number of hydrogen-bond acceptors (Lipinski definition) is 7. The number of hydrogen-bond donors (Lipinski definition) is 0. The van der Waals surface area contributed by atoms with Crippen LogP contribution in [0.2, 0.25) is 11.6 Å². The summed E-state index contributed by atoms with van der Waals surface area (Å²) in [6, 6.07) is 6.57. The summed E-state index contributed by atoms with van der Waals surface area (Å²) in [6.07, 6.45) is 4.76. The first kappa shape index (κ1) is 31.6. The third-order valence-corrected chi connectivity index (χ3v) is 12.9. The number of carbonyl (C=O) groups excluding carboxylic acids is 1. The lowest BCUT2D eigenvalue weighted by Crippen LogP contribution is -2.47. The first-order chi connectivity index (χ1) is 17.5. The van der Waals surface area contributed by atoms with Crippen molar-refractivity contribution < 1.29 is 26.8 Å². The van der Waals surface area contributed by atoms with E-state index >= 15 is 0 Å². The van der Waals surface area contributed by atoms with Crippen LogP contribution in [-0.2, 0) is 30.0 Å². The maximum atomic E-state index is 13.8. The summed E-state index contributed by atoms with van der Waals surface area (Å²) in [4.78, 5) is 20.8. The molecule has 1 atom stereocenters. The van der Waals surface area contributed by atoms with Gasteiger partial charge in [-0.1, -0.05) is 40.7 Å². The summed E-state index contributed by atoms with van der Waals surface area (Å²) in [5.41, 5.74) is 2.82. The lowest BCUT2D eigenvalue weighted by molar-refractivity contribution is -0.134. The van der Waals surface area contributed by atoms with E-state index in [4.69, 9.17) is 14.4 Å². The molecule has 38 heavy (non-hydrogen) atoms. The molecule has 0 aliphatic carbocycles. The van der Waals surface area contributed by atoms with Gasteiger partial charge in [0.2, 0.25) is 16.0 Å². The van der Waals surface area contributed by atoms with Crippen molar-refractivity contribution in [3.63, 3.8) is 0 Å². The Labute approximate surface area is 227 Å². The van der Waals surface area contributed by atoms with E-state index < -0.39 is 24.3 Å². The van der Waals surface area contributed by atoms with Crippen LogP contribution < -0.4 is 4.31 Å². The molecule has 0 bridgehead atoms. The zero-order chi connectivity index (χ0) is 28.9. The van der Waals surface area contributed by atoms with E-state index in [1.165, 1.54) is 32.4 Å². The quantitative estimate of drug-likeness (QED) is 0.156. The van der Waals surface area contributed by atoms with Crippen LogP contribution in [0.25, 0.3) is 11.3 Å². The normalized spacial score (nSPS) is 14.1. The highest BCUT2D eigenvalue weighted by atomic mass is 32.2.